The summed E-state index contributed by atoms with van der Waals surface area (Å²) in [7, 11) is 1.68. The predicted octanol–water partition coefficient (Wildman–Crippen LogP) is 4.78. The number of amides is 2. The maximum absolute atomic E-state index is 14.2. The molecule has 2 aromatic rings. The molecule has 12 heteroatoms. The summed E-state index contributed by atoms with van der Waals surface area (Å²) in [5, 5.41) is 9.89. The minimum Gasteiger partial charge on any atom is -0.395 e. The molecule has 2 aromatic carbocycles. The number of nitrogens with zero attached hydrogens (tertiary/aromatic N) is 4. The molecule has 2 saturated heterocycles. The second-order valence-corrected chi connectivity index (χ2v) is 10.6. The van der Waals surface area contributed by atoms with Gasteiger partial charge in [0.25, 0.3) is 0 Å². The van der Waals surface area contributed by atoms with Gasteiger partial charge < -0.3 is 14.9 Å². The highest BCUT2D eigenvalue weighted by Gasteiger charge is 2.42. The van der Waals surface area contributed by atoms with Crippen LogP contribution < -0.4 is 0 Å². The van der Waals surface area contributed by atoms with E-state index in [1.165, 1.54) is 12.1 Å². The zero-order valence-corrected chi connectivity index (χ0v) is 22.4. The number of carbonyl (C=O) groups is 1. The number of benzene rings is 2. The van der Waals surface area contributed by atoms with Crippen LogP contribution in [0.3, 0.4) is 0 Å². The molecule has 208 valence electrons. The third-order valence-corrected chi connectivity index (χ3v) is 8.10. The lowest BCUT2D eigenvalue weighted by Gasteiger charge is -2.36. The number of hydrogen-bond donors (Lipinski definition) is 1. The fourth-order valence-corrected chi connectivity index (χ4v) is 5.67. The van der Waals surface area contributed by atoms with Crippen molar-refractivity contribution in [2.24, 2.45) is 0 Å². The number of halogens is 6. The van der Waals surface area contributed by atoms with Crippen LogP contribution in [0.15, 0.2) is 36.4 Å². The number of likely N-dealkylation sites (N-methyl/N-ethyl adjacent to an activating group) is 1. The summed E-state index contributed by atoms with van der Waals surface area (Å²) in [6, 6.07) is 8.06. The van der Waals surface area contributed by atoms with Gasteiger partial charge in [-0.05, 0) is 36.4 Å². The predicted molar refractivity (Wildman–Crippen MR) is 138 cm³/mol. The highest BCUT2D eigenvalue weighted by atomic mass is 35.5. The van der Waals surface area contributed by atoms with Gasteiger partial charge in [0.05, 0.1) is 22.2 Å². The molecule has 38 heavy (non-hydrogen) atoms. The lowest BCUT2D eigenvalue weighted by molar-refractivity contribution is -0.140. The number of aliphatic hydroxyl groups excluding tert-OH is 1. The Labute approximate surface area is 229 Å². The molecule has 2 aliphatic heterocycles. The molecule has 0 aromatic heterocycles. The largest absolute Gasteiger partial charge is 0.419 e. The Morgan fingerprint density at radius 3 is 2.39 bits per heavy atom. The van der Waals surface area contributed by atoms with Gasteiger partial charge in [0.1, 0.15) is 5.82 Å². The molecule has 2 heterocycles. The summed E-state index contributed by atoms with van der Waals surface area (Å²) in [4.78, 5) is 20.7. The molecule has 2 unspecified atom stereocenters. The van der Waals surface area contributed by atoms with Gasteiger partial charge in [0.15, 0.2) is 0 Å². The van der Waals surface area contributed by atoms with Crippen molar-refractivity contribution in [2.75, 3.05) is 59.5 Å². The monoisotopic (exact) mass is 576 g/mol. The zero-order chi connectivity index (χ0) is 27.6. The van der Waals surface area contributed by atoms with Crippen molar-refractivity contribution in [1.82, 2.24) is 19.6 Å². The lowest BCUT2D eigenvalue weighted by atomic mass is 9.93. The van der Waals surface area contributed by atoms with Crippen LogP contribution in [0.2, 0.25) is 10.0 Å². The van der Waals surface area contributed by atoms with Gasteiger partial charge in [-0.15, -0.1) is 0 Å². The molecule has 2 aliphatic rings. The first-order valence-corrected chi connectivity index (χ1v) is 13.1. The number of likely N-dealkylation sites (tertiary alicyclic amines) is 1. The number of hydrogen-bond acceptors (Lipinski definition) is 4. The topological polar surface area (TPSA) is 50.3 Å². The van der Waals surface area contributed by atoms with E-state index in [1.807, 2.05) is 6.07 Å². The third kappa shape index (κ3) is 6.37. The standard InChI is InChI=1S/C26H30Cl2F4N4O2/c1-33(14-18-3-2-4-22(29)24(18)26(30,31)32)23-16-36(15-19(23)17-5-6-20(27)21(28)13-17)25(38)35-9-7-34(8-10-35)11-12-37/h2-6,13,19,23,37H,7-12,14-16H2,1H3. The van der Waals surface area contributed by atoms with Crippen molar-refractivity contribution in [3.05, 3.63) is 69.0 Å². The minimum atomic E-state index is -4.83. The Kier molecular flexibility index (Phi) is 9.09. The first-order valence-electron chi connectivity index (χ1n) is 12.4. The quantitative estimate of drug-likeness (QED) is 0.503. The number of piperazine rings is 1. The Balaban J connectivity index is 1.58. The number of urea groups is 1. The fourth-order valence-electron chi connectivity index (χ4n) is 5.37. The van der Waals surface area contributed by atoms with E-state index in [4.69, 9.17) is 28.3 Å². The van der Waals surface area contributed by atoms with E-state index in [9.17, 15) is 22.4 Å². The van der Waals surface area contributed by atoms with E-state index >= 15 is 0 Å². The van der Waals surface area contributed by atoms with Crippen LogP contribution in [0.1, 0.15) is 22.6 Å². The van der Waals surface area contributed by atoms with Gasteiger partial charge in [-0.3, -0.25) is 9.80 Å². The second kappa shape index (κ2) is 12.0. The molecule has 6 nitrogen and oxygen atoms in total. The van der Waals surface area contributed by atoms with Gasteiger partial charge >= 0.3 is 12.2 Å². The van der Waals surface area contributed by atoms with Gasteiger partial charge in [-0.2, -0.15) is 13.2 Å². The van der Waals surface area contributed by atoms with E-state index < -0.39 is 17.6 Å². The summed E-state index contributed by atoms with van der Waals surface area (Å²) in [5.74, 6) is -1.56. The van der Waals surface area contributed by atoms with Crippen molar-refractivity contribution >= 4 is 29.2 Å². The molecule has 0 aliphatic carbocycles. The van der Waals surface area contributed by atoms with Crippen molar-refractivity contribution < 1.29 is 27.5 Å². The first-order chi connectivity index (χ1) is 18.0. The third-order valence-electron chi connectivity index (χ3n) is 7.36. The van der Waals surface area contributed by atoms with Crippen molar-refractivity contribution in [1.29, 1.82) is 0 Å². The number of alkyl halides is 3. The van der Waals surface area contributed by atoms with E-state index in [2.05, 4.69) is 4.90 Å². The van der Waals surface area contributed by atoms with E-state index in [-0.39, 0.29) is 43.3 Å². The molecule has 0 spiro atoms. The van der Waals surface area contributed by atoms with Gasteiger partial charge in [0.2, 0.25) is 0 Å². The molecule has 2 atom stereocenters. The van der Waals surface area contributed by atoms with Crippen molar-refractivity contribution in [2.45, 2.75) is 24.7 Å². The van der Waals surface area contributed by atoms with Gasteiger partial charge in [-0.25, -0.2) is 9.18 Å². The molecular formula is C26H30Cl2F4N4O2. The molecule has 2 fully saturated rings. The smallest absolute Gasteiger partial charge is 0.395 e. The maximum atomic E-state index is 14.2. The molecule has 0 saturated carbocycles. The zero-order valence-electron chi connectivity index (χ0n) is 20.9. The minimum absolute atomic E-state index is 0.0563. The van der Waals surface area contributed by atoms with Crippen LogP contribution in [-0.2, 0) is 12.7 Å². The summed E-state index contributed by atoms with van der Waals surface area (Å²) >= 11 is 12.4. The number of carbonyl (C=O) groups excluding carboxylic acids is 1. The van der Waals surface area contributed by atoms with Crippen LogP contribution in [0, 0.1) is 5.82 Å². The molecular weight excluding hydrogens is 547 g/mol. The van der Waals surface area contributed by atoms with Crippen LogP contribution in [0.5, 0.6) is 0 Å². The first kappa shape index (κ1) is 28.9. The van der Waals surface area contributed by atoms with Crippen LogP contribution in [-0.4, -0.2) is 96.2 Å². The summed E-state index contributed by atoms with van der Waals surface area (Å²) in [6.45, 7) is 3.43. The Bertz CT molecular complexity index is 1140. The van der Waals surface area contributed by atoms with E-state index in [1.54, 1.807) is 33.9 Å². The maximum Gasteiger partial charge on any atom is 0.419 e. The average molecular weight is 577 g/mol. The highest BCUT2D eigenvalue weighted by molar-refractivity contribution is 6.42. The van der Waals surface area contributed by atoms with E-state index in [0.717, 1.165) is 11.6 Å². The molecule has 4 rings (SSSR count). The second-order valence-electron chi connectivity index (χ2n) is 9.77. The summed E-state index contributed by atoms with van der Waals surface area (Å²) in [6.07, 6.45) is -4.83. The van der Waals surface area contributed by atoms with Crippen LogP contribution in [0.4, 0.5) is 22.4 Å². The number of rotatable bonds is 6. The van der Waals surface area contributed by atoms with Crippen LogP contribution in [0.25, 0.3) is 0 Å². The number of β-amino-alcohol motifs (C(OH)–C–C–N with tert-alkyl or cyclic N) is 1. The Morgan fingerprint density at radius 2 is 1.76 bits per heavy atom. The van der Waals surface area contributed by atoms with Crippen LogP contribution >= 0.6 is 23.2 Å². The van der Waals surface area contributed by atoms with Gasteiger partial charge in [-0.1, -0.05) is 41.4 Å². The Hall–Kier alpha value is -2.11. The molecule has 2 amide bonds. The lowest BCUT2D eigenvalue weighted by Crippen LogP contribution is -2.53. The van der Waals surface area contributed by atoms with Crippen molar-refractivity contribution in [3.63, 3.8) is 0 Å². The fraction of sp³-hybridized carbons (Fsp3) is 0.500. The molecule has 1 N–H and O–H groups in total. The average Bonchev–Trinajstić information content (AvgIpc) is 3.31. The normalized spacial score (nSPS) is 21.0. The van der Waals surface area contributed by atoms with Gasteiger partial charge in [0, 0.05) is 64.3 Å². The Morgan fingerprint density at radius 1 is 1.05 bits per heavy atom. The summed E-state index contributed by atoms with van der Waals surface area (Å²) in [5.41, 5.74) is -0.628. The van der Waals surface area contributed by atoms with Crippen molar-refractivity contribution in [3.8, 4) is 0 Å². The summed E-state index contributed by atoms with van der Waals surface area (Å²) < 4.78 is 55.2. The number of aliphatic hydroxyl groups is 1. The SMILES string of the molecule is CN(Cc1cccc(F)c1C(F)(F)F)C1CN(C(=O)N2CCN(CCO)CC2)CC1c1ccc(Cl)c(Cl)c1. The molecule has 0 bridgehead atoms. The molecule has 0 radical (unpaired) electrons. The highest BCUT2D eigenvalue weighted by Crippen LogP contribution is 2.38. The van der Waals surface area contributed by atoms with E-state index in [0.29, 0.717) is 49.3 Å².